The molecule has 0 saturated heterocycles. The fraction of sp³-hybridized carbons (Fsp3) is 0.500. The zero-order valence-electron chi connectivity index (χ0n) is 11.4. The second kappa shape index (κ2) is 6.60. The summed E-state index contributed by atoms with van der Waals surface area (Å²) in [6.07, 6.45) is 0.107. The molecular weight excluding hydrogens is 285 g/mol. The highest BCUT2D eigenvalue weighted by Crippen LogP contribution is 2.28. The highest BCUT2D eigenvalue weighted by atomic mass is 35.5. The molecule has 1 aromatic rings. The molecule has 0 saturated carbocycles. The number of benzene rings is 1. The van der Waals surface area contributed by atoms with E-state index in [0.29, 0.717) is 23.1 Å². The van der Waals surface area contributed by atoms with Crippen LogP contribution in [0.15, 0.2) is 18.2 Å². The minimum Gasteiger partial charge on any atom is -0.481 e. The average molecular weight is 304 g/mol. The van der Waals surface area contributed by atoms with Crippen molar-refractivity contribution < 1.29 is 9.90 Å². The zero-order chi connectivity index (χ0) is 14.6. The standard InChI is InChI=1S/C14H19Cl2NO2/c1-14(2,3)17(8-7-12(18)19)9-10-5-4-6-11(15)13(10)16/h4-6H,7-9H2,1-3H3,(H,18,19). The molecule has 0 spiro atoms. The van der Waals surface area contributed by atoms with E-state index in [1.807, 2.05) is 32.9 Å². The van der Waals surface area contributed by atoms with Crippen molar-refractivity contribution in [2.75, 3.05) is 6.54 Å². The zero-order valence-corrected chi connectivity index (χ0v) is 12.9. The van der Waals surface area contributed by atoms with E-state index in [1.165, 1.54) is 0 Å². The molecule has 0 aliphatic rings. The Morgan fingerprint density at radius 1 is 1.32 bits per heavy atom. The molecule has 0 fully saturated rings. The Labute approximate surface area is 124 Å². The summed E-state index contributed by atoms with van der Waals surface area (Å²) in [6.45, 7) is 7.20. The van der Waals surface area contributed by atoms with Gasteiger partial charge in [-0.1, -0.05) is 35.3 Å². The summed E-state index contributed by atoms with van der Waals surface area (Å²) in [5.74, 6) is -0.800. The second-order valence-electron chi connectivity index (χ2n) is 5.45. The van der Waals surface area contributed by atoms with Crippen LogP contribution in [0.2, 0.25) is 10.0 Å². The van der Waals surface area contributed by atoms with Crippen LogP contribution in [0.1, 0.15) is 32.8 Å². The Morgan fingerprint density at radius 2 is 1.95 bits per heavy atom. The number of hydrogen-bond donors (Lipinski definition) is 1. The van der Waals surface area contributed by atoms with E-state index in [4.69, 9.17) is 28.3 Å². The quantitative estimate of drug-likeness (QED) is 0.891. The van der Waals surface area contributed by atoms with E-state index < -0.39 is 5.97 Å². The van der Waals surface area contributed by atoms with Crippen molar-refractivity contribution in [3.05, 3.63) is 33.8 Å². The van der Waals surface area contributed by atoms with E-state index in [9.17, 15) is 4.79 Å². The molecule has 3 nitrogen and oxygen atoms in total. The molecule has 0 aliphatic heterocycles. The fourth-order valence-corrected chi connectivity index (χ4v) is 2.14. The molecule has 0 atom stereocenters. The number of hydrogen-bond acceptors (Lipinski definition) is 2. The fourth-order valence-electron chi connectivity index (χ4n) is 1.76. The summed E-state index contributed by atoms with van der Waals surface area (Å²) in [7, 11) is 0. The van der Waals surface area contributed by atoms with Gasteiger partial charge >= 0.3 is 5.97 Å². The Bertz CT molecular complexity index is 455. The van der Waals surface area contributed by atoms with Crippen molar-refractivity contribution in [1.82, 2.24) is 4.90 Å². The van der Waals surface area contributed by atoms with Gasteiger partial charge in [-0.3, -0.25) is 9.69 Å². The number of carboxylic acid groups (broad SMARTS) is 1. The van der Waals surface area contributed by atoms with E-state index in [0.717, 1.165) is 5.56 Å². The van der Waals surface area contributed by atoms with Crippen molar-refractivity contribution >= 4 is 29.2 Å². The van der Waals surface area contributed by atoms with Gasteiger partial charge in [0.25, 0.3) is 0 Å². The Hall–Kier alpha value is -0.770. The van der Waals surface area contributed by atoms with Crippen LogP contribution in [-0.4, -0.2) is 28.1 Å². The third kappa shape index (κ3) is 5.01. The van der Waals surface area contributed by atoms with Gasteiger partial charge in [-0.05, 0) is 32.4 Å². The molecule has 0 aromatic heterocycles. The molecule has 1 aromatic carbocycles. The first-order valence-corrected chi connectivity index (χ1v) is 6.87. The van der Waals surface area contributed by atoms with Crippen LogP contribution in [0.3, 0.4) is 0 Å². The van der Waals surface area contributed by atoms with Crippen LogP contribution in [0, 0.1) is 0 Å². The molecule has 5 heteroatoms. The third-order valence-corrected chi connectivity index (χ3v) is 3.80. The summed E-state index contributed by atoms with van der Waals surface area (Å²) in [6, 6.07) is 5.50. The van der Waals surface area contributed by atoms with Gasteiger partial charge in [-0.2, -0.15) is 0 Å². The van der Waals surface area contributed by atoms with Gasteiger partial charge in [0.05, 0.1) is 16.5 Å². The third-order valence-electron chi connectivity index (χ3n) is 2.94. The molecule has 106 valence electrons. The van der Waals surface area contributed by atoms with Gasteiger partial charge < -0.3 is 5.11 Å². The van der Waals surface area contributed by atoms with E-state index in [1.54, 1.807) is 6.07 Å². The first-order chi connectivity index (χ1) is 8.71. The van der Waals surface area contributed by atoms with Gasteiger partial charge in [-0.25, -0.2) is 0 Å². The van der Waals surface area contributed by atoms with Gasteiger partial charge in [0.2, 0.25) is 0 Å². The van der Waals surface area contributed by atoms with Crippen LogP contribution < -0.4 is 0 Å². The molecule has 0 bridgehead atoms. The number of rotatable bonds is 5. The average Bonchev–Trinajstić information content (AvgIpc) is 2.27. The summed E-state index contributed by atoms with van der Waals surface area (Å²) >= 11 is 12.2. The molecule has 1 N–H and O–H groups in total. The lowest BCUT2D eigenvalue weighted by Crippen LogP contribution is -2.42. The number of carbonyl (C=O) groups is 1. The Morgan fingerprint density at radius 3 is 2.47 bits per heavy atom. The highest BCUT2D eigenvalue weighted by molar-refractivity contribution is 6.42. The maximum Gasteiger partial charge on any atom is 0.304 e. The summed E-state index contributed by atoms with van der Waals surface area (Å²) in [4.78, 5) is 12.8. The summed E-state index contributed by atoms with van der Waals surface area (Å²) in [5.41, 5.74) is 0.774. The SMILES string of the molecule is CC(C)(C)N(CCC(=O)O)Cc1cccc(Cl)c1Cl. The molecule has 0 aliphatic carbocycles. The first kappa shape index (κ1) is 16.3. The molecule has 19 heavy (non-hydrogen) atoms. The van der Waals surface area contributed by atoms with Crippen LogP contribution in [0.5, 0.6) is 0 Å². The van der Waals surface area contributed by atoms with Gasteiger partial charge in [0.1, 0.15) is 0 Å². The van der Waals surface area contributed by atoms with Crippen LogP contribution >= 0.6 is 23.2 Å². The van der Waals surface area contributed by atoms with Gasteiger partial charge in [0.15, 0.2) is 0 Å². The van der Waals surface area contributed by atoms with Crippen molar-refractivity contribution in [3.63, 3.8) is 0 Å². The minimum absolute atomic E-state index is 0.107. The molecular formula is C14H19Cl2NO2. The summed E-state index contributed by atoms with van der Waals surface area (Å²) < 4.78 is 0. The van der Waals surface area contributed by atoms with Crippen LogP contribution in [0.25, 0.3) is 0 Å². The molecule has 1 rings (SSSR count). The van der Waals surface area contributed by atoms with E-state index >= 15 is 0 Å². The number of halogens is 2. The van der Waals surface area contributed by atoms with E-state index in [-0.39, 0.29) is 12.0 Å². The number of nitrogens with zero attached hydrogens (tertiary/aromatic N) is 1. The van der Waals surface area contributed by atoms with Crippen molar-refractivity contribution in [2.24, 2.45) is 0 Å². The van der Waals surface area contributed by atoms with Gasteiger partial charge in [0, 0.05) is 18.6 Å². The molecule has 0 unspecified atom stereocenters. The highest BCUT2D eigenvalue weighted by Gasteiger charge is 2.23. The lowest BCUT2D eigenvalue weighted by molar-refractivity contribution is -0.137. The maximum atomic E-state index is 10.7. The predicted octanol–water partition coefficient (Wildman–Crippen LogP) is 4.07. The van der Waals surface area contributed by atoms with Crippen LogP contribution in [0.4, 0.5) is 0 Å². The van der Waals surface area contributed by atoms with Gasteiger partial charge in [-0.15, -0.1) is 0 Å². The predicted molar refractivity (Wildman–Crippen MR) is 78.9 cm³/mol. The van der Waals surface area contributed by atoms with Crippen LogP contribution in [-0.2, 0) is 11.3 Å². The maximum absolute atomic E-state index is 10.7. The number of aliphatic carboxylic acids is 1. The smallest absolute Gasteiger partial charge is 0.304 e. The molecule has 0 radical (unpaired) electrons. The lowest BCUT2D eigenvalue weighted by atomic mass is 10.0. The number of carboxylic acids is 1. The molecule has 0 amide bonds. The molecule has 0 heterocycles. The largest absolute Gasteiger partial charge is 0.481 e. The topological polar surface area (TPSA) is 40.5 Å². The Kier molecular flexibility index (Phi) is 5.65. The normalized spacial score (nSPS) is 11.9. The first-order valence-electron chi connectivity index (χ1n) is 6.11. The second-order valence-corrected chi connectivity index (χ2v) is 6.23. The summed E-state index contributed by atoms with van der Waals surface area (Å²) in [5, 5.41) is 9.87. The lowest BCUT2D eigenvalue weighted by Gasteiger charge is -2.35. The minimum atomic E-state index is -0.800. The Balaban J connectivity index is 2.88. The van der Waals surface area contributed by atoms with E-state index in [2.05, 4.69) is 4.90 Å². The monoisotopic (exact) mass is 303 g/mol. The van der Waals surface area contributed by atoms with Crippen molar-refractivity contribution in [2.45, 2.75) is 39.3 Å². The van der Waals surface area contributed by atoms with Crippen molar-refractivity contribution in [3.8, 4) is 0 Å². The van der Waals surface area contributed by atoms with Crippen molar-refractivity contribution in [1.29, 1.82) is 0 Å².